The van der Waals surface area contributed by atoms with Gasteiger partial charge in [-0.05, 0) is 25.0 Å². The van der Waals surface area contributed by atoms with Gasteiger partial charge in [0.15, 0.2) is 0 Å². The molecule has 1 rings (SSSR count). The molecule has 2 N–H and O–H groups in total. The van der Waals surface area contributed by atoms with Gasteiger partial charge in [0, 0.05) is 10.0 Å². The summed E-state index contributed by atoms with van der Waals surface area (Å²) in [5.74, 6) is -1.08. The van der Waals surface area contributed by atoms with Crippen LogP contribution in [0.1, 0.15) is 32.3 Å². The maximum atomic E-state index is 12.0. The van der Waals surface area contributed by atoms with E-state index < -0.39 is 11.5 Å². The summed E-state index contributed by atoms with van der Waals surface area (Å²) >= 11 is 3.39. The van der Waals surface area contributed by atoms with Gasteiger partial charge in [0.2, 0.25) is 5.91 Å². The van der Waals surface area contributed by atoms with Gasteiger partial charge in [-0.2, -0.15) is 0 Å². The molecule has 0 unspecified atom stereocenters. The molecule has 0 fully saturated rings. The van der Waals surface area contributed by atoms with E-state index >= 15 is 0 Å². The summed E-state index contributed by atoms with van der Waals surface area (Å²) in [6.45, 7) is 3.61. The summed E-state index contributed by atoms with van der Waals surface area (Å²) in [7, 11) is 0. The van der Waals surface area contributed by atoms with Gasteiger partial charge in [-0.1, -0.05) is 41.1 Å². The third kappa shape index (κ3) is 5.03. The van der Waals surface area contributed by atoms with Crippen molar-refractivity contribution in [2.45, 2.75) is 38.6 Å². The number of carbonyl (C=O) groups excluding carboxylic acids is 1. The molecular formula is C14H18BrNO3. The second-order valence-corrected chi connectivity index (χ2v) is 5.66. The summed E-state index contributed by atoms with van der Waals surface area (Å²) in [4.78, 5) is 22.8. The number of carboxylic acids is 1. The van der Waals surface area contributed by atoms with E-state index in [0.717, 1.165) is 10.0 Å². The average Bonchev–Trinajstić information content (AvgIpc) is 2.31. The molecule has 0 saturated heterocycles. The summed E-state index contributed by atoms with van der Waals surface area (Å²) in [5, 5.41) is 11.7. The van der Waals surface area contributed by atoms with Gasteiger partial charge in [0.05, 0.1) is 12.8 Å². The zero-order chi connectivity index (χ0) is 14.5. The van der Waals surface area contributed by atoms with Gasteiger partial charge in [0.25, 0.3) is 0 Å². The molecule has 0 saturated carbocycles. The molecule has 0 aliphatic heterocycles. The van der Waals surface area contributed by atoms with Crippen molar-refractivity contribution < 1.29 is 14.7 Å². The minimum absolute atomic E-state index is 0.0782. The molecule has 1 aromatic carbocycles. The molecule has 1 amide bonds. The molecular weight excluding hydrogens is 310 g/mol. The number of nitrogens with one attached hydrogen (secondary N) is 1. The zero-order valence-corrected chi connectivity index (χ0v) is 12.7. The molecule has 5 heteroatoms. The van der Waals surface area contributed by atoms with Crippen LogP contribution in [-0.4, -0.2) is 22.5 Å². The number of benzene rings is 1. The minimum Gasteiger partial charge on any atom is -0.481 e. The maximum Gasteiger partial charge on any atom is 0.305 e. The van der Waals surface area contributed by atoms with Crippen LogP contribution in [0.3, 0.4) is 0 Å². The molecule has 0 aliphatic carbocycles. The highest BCUT2D eigenvalue weighted by Crippen LogP contribution is 2.18. The Balaban J connectivity index is 2.69. The molecule has 104 valence electrons. The van der Waals surface area contributed by atoms with Gasteiger partial charge in [0.1, 0.15) is 0 Å². The van der Waals surface area contributed by atoms with Gasteiger partial charge >= 0.3 is 5.97 Å². The normalized spacial score (nSPS) is 13.6. The third-order valence-electron chi connectivity index (χ3n) is 3.07. The van der Waals surface area contributed by atoms with E-state index in [1.165, 1.54) is 0 Å². The molecule has 0 radical (unpaired) electrons. The number of carboxylic acid groups (broad SMARTS) is 1. The Morgan fingerprint density at radius 3 is 2.53 bits per heavy atom. The van der Waals surface area contributed by atoms with Crippen molar-refractivity contribution in [1.82, 2.24) is 5.32 Å². The first-order valence-electron chi connectivity index (χ1n) is 6.12. The molecule has 0 spiro atoms. The summed E-state index contributed by atoms with van der Waals surface area (Å²) in [6.07, 6.45) is 0.725. The standard InChI is InChI=1S/C14H18BrNO3/c1-3-14(2,9-13(18)19)16-12(17)8-10-6-4-5-7-11(10)15/h4-7H,3,8-9H2,1-2H3,(H,16,17)(H,18,19)/t14-/m1/s1. The number of hydrogen-bond acceptors (Lipinski definition) is 2. The van der Waals surface area contributed by atoms with E-state index in [9.17, 15) is 9.59 Å². The van der Waals surface area contributed by atoms with Gasteiger partial charge in [-0.25, -0.2) is 0 Å². The molecule has 0 aromatic heterocycles. The zero-order valence-electron chi connectivity index (χ0n) is 11.1. The lowest BCUT2D eigenvalue weighted by Gasteiger charge is -2.28. The summed E-state index contributed by atoms with van der Waals surface area (Å²) < 4.78 is 0.876. The summed E-state index contributed by atoms with van der Waals surface area (Å²) in [6, 6.07) is 7.48. The molecule has 1 aromatic rings. The third-order valence-corrected chi connectivity index (χ3v) is 3.85. The highest BCUT2D eigenvalue weighted by Gasteiger charge is 2.27. The Bertz CT molecular complexity index is 476. The molecule has 1 atom stereocenters. The Kier molecular flexibility index (Phi) is 5.54. The smallest absolute Gasteiger partial charge is 0.305 e. The van der Waals surface area contributed by atoms with Crippen LogP contribution >= 0.6 is 15.9 Å². The monoisotopic (exact) mass is 327 g/mol. The van der Waals surface area contributed by atoms with Gasteiger partial charge < -0.3 is 10.4 Å². The number of amides is 1. The second kappa shape index (κ2) is 6.70. The Morgan fingerprint density at radius 1 is 1.37 bits per heavy atom. The van der Waals surface area contributed by atoms with Crippen molar-refractivity contribution in [3.8, 4) is 0 Å². The van der Waals surface area contributed by atoms with E-state index in [0.29, 0.717) is 6.42 Å². The minimum atomic E-state index is -0.912. The topological polar surface area (TPSA) is 66.4 Å². The summed E-state index contributed by atoms with van der Waals surface area (Å²) in [5.41, 5.74) is 0.179. The van der Waals surface area contributed by atoms with E-state index in [1.54, 1.807) is 6.92 Å². The first-order valence-corrected chi connectivity index (χ1v) is 6.92. The Labute approximate surface area is 121 Å². The molecule has 0 aliphatic rings. The van der Waals surface area contributed by atoms with E-state index in [2.05, 4.69) is 21.2 Å². The highest BCUT2D eigenvalue weighted by atomic mass is 79.9. The van der Waals surface area contributed by atoms with Gasteiger partial charge in [-0.15, -0.1) is 0 Å². The van der Waals surface area contributed by atoms with E-state index in [-0.39, 0.29) is 18.7 Å². The Morgan fingerprint density at radius 2 is 2.00 bits per heavy atom. The number of rotatable bonds is 6. The van der Waals surface area contributed by atoms with Crippen LogP contribution in [0.25, 0.3) is 0 Å². The van der Waals surface area contributed by atoms with Gasteiger partial charge in [-0.3, -0.25) is 9.59 Å². The highest BCUT2D eigenvalue weighted by molar-refractivity contribution is 9.10. The first-order chi connectivity index (χ1) is 8.86. The second-order valence-electron chi connectivity index (χ2n) is 4.80. The van der Waals surface area contributed by atoms with Crippen LogP contribution in [0, 0.1) is 0 Å². The first kappa shape index (κ1) is 15.7. The predicted molar refractivity (Wildman–Crippen MR) is 76.9 cm³/mol. The number of aliphatic carboxylic acids is 1. The average molecular weight is 328 g/mol. The van der Waals surface area contributed by atoms with Crippen LogP contribution in [0.2, 0.25) is 0 Å². The van der Waals surface area contributed by atoms with Crippen LogP contribution in [0.4, 0.5) is 0 Å². The number of halogens is 1. The predicted octanol–water partition coefficient (Wildman–Crippen LogP) is 2.75. The molecule has 0 heterocycles. The van der Waals surface area contributed by atoms with Crippen molar-refractivity contribution >= 4 is 27.8 Å². The van der Waals surface area contributed by atoms with Crippen molar-refractivity contribution in [2.24, 2.45) is 0 Å². The largest absolute Gasteiger partial charge is 0.481 e. The van der Waals surface area contributed by atoms with Crippen LogP contribution in [0.5, 0.6) is 0 Å². The van der Waals surface area contributed by atoms with E-state index in [4.69, 9.17) is 5.11 Å². The Hall–Kier alpha value is -1.36. The maximum absolute atomic E-state index is 12.0. The molecule has 19 heavy (non-hydrogen) atoms. The van der Waals surface area contributed by atoms with Crippen molar-refractivity contribution in [3.63, 3.8) is 0 Å². The quantitative estimate of drug-likeness (QED) is 0.844. The van der Waals surface area contributed by atoms with Crippen molar-refractivity contribution in [2.75, 3.05) is 0 Å². The fraction of sp³-hybridized carbons (Fsp3) is 0.429. The number of hydrogen-bond donors (Lipinski definition) is 2. The fourth-order valence-corrected chi connectivity index (χ4v) is 2.21. The number of carbonyl (C=O) groups is 2. The lowest BCUT2D eigenvalue weighted by Crippen LogP contribution is -2.47. The van der Waals surface area contributed by atoms with Crippen molar-refractivity contribution in [3.05, 3.63) is 34.3 Å². The van der Waals surface area contributed by atoms with Crippen molar-refractivity contribution in [1.29, 1.82) is 0 Å². The fourth-order valence-electron chi connectivity index (χ4n) is 1.79. The van der Waals surface area contributed by atoms with Crippen LogP contribution in [0.15, 0.2) is 28.7 Å². The molecule has 4 nitrogen and oxygen atoms in total. The SMILES string of the molecule is CC[C@](C)(CC(=O)O)NC(=O)Cc1ccccc1Br. The van der Waals surface area contributed by atoms with E-state index in [1.807, 2.05) is 31.2 Å². The molecule has 0 bridgehead atoms. The van der Waals surface area contributed by atoms with Crippen LogP contribution < -0.4 is 5.32 Å². The van der Waals surface area contributed by atoms with Crippen LogP contribution in [-0.2, 0) is 16.0 Å². The lowest BCUT2D eigenvalue weighted by atomic mass is 9.94. The lowest BCUT2D eigenvalue weighted by molar-refractivity contribution is -0.139.